The van der Waals surface area contributed by atoms with E-state index in [0.29, 0.717) is 18.3 Å². The third kappa shape index (κ3) is 2.51. The standard InChI is InChI=1S/C11H18N4O2/c1-6(2)5-15-9(12)8(13-7-3-4-7)10(16)14-11(15)17/h6-7,13H,3-5,12H2,1-2H3,(H,14,16,17). The van der Waals surface area contributed by atoms with Gasteiger partial charge in [-0.2, -0.15) is 0 Å². The summed E-state index contributed by atoms with van der Waals surface area (Å²) in [5, 5.41) is 3.06. The molecule has 1 aromatic rings. The van der Waals surface area contributed by atoms with Gasteiger partial charge in [-0.15, -0.1) is 0 Å². The molecule has 0 amide bonds. The zero-order valence-corrected chi connectivity index (χ0v) is 10.1. The second-order valence-electron chi connectivity index (χ2n) is 4.94. The number of nitrogens with one attached hydrogen (secondary N) is 2. The summed E-state index contributed by atoms with van der Waals surface area (Å²) in [6.07, 6.45) is 2.09. The monoisotopic (exact) mass is 238 g/mol. The Labute approximate surface area is 98.8 Å². The van der Waals surface area contributed by atoms with Crippen LogP contribution >= 0.6 is 0 Å². The second kappa shape index (κ2) is 4.27. The maximum Gasteiger partial charge on any atom is 0.330 e. The SMILES string of the molecule is CC(C)Cn1c(N)c(NC2CC2)c(=O)[nH]c1=O. The van der Waals surface area contributed by atoms with Gasteiger partial charge in [-0.3, -0.25) is 14.3 Å². The second-order valence-corrected chi connectivity index (χ2v) is 4.94. The topological polar surface area (TPSA) is 92.9 Å². The third-order valence-electron chi connectivity index (χ3n) is 2.71. The molecule has 0 unspecified atom stereocenters. The van der Waals surface area contributed by atoms with Crippen molar-refractivity contribution in [1.29, 1.82) is 0 Å². The molecule has 6 heteroatoms. The van der Waals surface area contributed by atoms with E-state index in [4.69, 9.17) is 5.73 Å². The van der Waals surface area contributed by atoms with Crippen LogP contribution in [0.2, 0.25) is 0 Å². The summed E-state index contributed by atoms with van der Waals surface area (Å²) in [7, 11) is 0. The molecule has 0 aromatic carbocycles. The minimum Gasteiger partial charge on any atom is -0.383 e. The first-order valence-electron chi connectivity index (χ1n) is 5.88. The Hall–Kier alpha value is -1.72. The van der Waals surface area contributed by atoms with Gasteiger partial charge in [-0.05, 0) is 18.8 Å². The van der Waals surface area contributed by atoms with Crippen molar-refractivity contribution in [3.05, 3.63) is 20.8 Å². The highest BCUT2D eigenvalue weighted by Gasteiger charge is 2.24. The van der Waals surface area contributed by atoms with Gasteiger partial charge in [-0.1, -0.05) is 13.8 Å². The van der Waals surface area contributed by atoms with Crippen LogP contribution in [0.4, 0.5) is 11.5 Å². The molecule has 0 saturated heterocycles. The first kappa shape index (κ1) is 11.8. The zero-order valence-electron chi connectivity index (χ0n) is 10.1. The fourth-order valence-electron chi connectivity index (χ4n) is 1.71. The molecule has 0 spiro atoms. The highest BCUT2D eigenvalue weighted by atomic mass is 16.2. The summed E-state index contributed by atoms with van der Waals surface area (Å²) < 4.78 is 1.41. The molecule has 94 valence electrons. The van der Waals surface area contributed by atoms with Gasteiger partial charge in [0, 0.05) is 12.6 Å². The number of aromatic nitrogens is 2. The molecule has 0 atom stereocenters. The van der Waals surface area contributed by atoms with E-state index in [1.54, 1.807) is 0 Å². The van der Waals surface area contributed by atoms with Crippen LogP contribution in [0.15, 0.2) is 9.59 Å². The van der Waals surface area contributed by atoms with Crippen LogP contribution in [0.1, 0.15) is 26.7 Å². The Morgan fingerprint density at radius 2 is 2.12 bits per heavy atom. The maximum absolute atomic E-state index is 11.7. The first-order chi connectivity index (χ1) is 7.99. The van der Waals surface area contributed by atoms with E-state index in [1.807, 2.05) is 13.8 Å². The van der Waals surface area contributed by atoms with E-state index < -0.39 is 11.2 Å². The zero-order chi connectivity index (χ0) is 12.6. The first-order valence-corrected chi connectivity index (χ1v) is 5.88. The van der Waals surface area contributed by atoms with Gasteiger partial charge in [0.1, 0.15) is 11.5 Å². The molecule has 1 aliphatic carbocycles. The third-order valence-corrected chi connectivity index (χ3v) is 2.71. The Kier molecular flexibility index (Phi) is 2.95. The number of rotatable bonds is 4. The quantitative estimate of drug-likeness (QED) is 0.705. The number of anilines is 2. The minimum atomic E-state index is -0.442. The average Bonchev–Trinajstić information content (AvgIpc) is 3.02. The molecule has 0 aliphatic heterocycles. The lowest BCUT2D eigenvalue weighted by atomic mass is 10.2. The molecule has 1 saturated carbocycles. The van der Waals surface area contributed by atoms with Crippen molar-refractivity contribution in [2.75, 3.05) is 11.1 Å². The van der Waals surface area contributed by atoms with E-state index in [0.717, 1.165) is 12.8 Å². The van der Waals surface area contributed by atoms with E-state index >= 15 is 0 Å². The van der Waals surface area contributed by atoms with Gasteiger partial charge in [0.2, 0.25) is 0 Å². The molecule has 6 nitrogen and oxygen atoms in total. The number of aromatic amines is 1. The van der Waals surface area contributed by atoms with E-state index in [-0.39, 0.29) is 11.7 Å². The molecule has 1 aromatic heterocycles. The summed E-state index contributed by atoms with van der Waals surface area (Å²) in [5.41, 5.74) is 5.34. The normalized spacial score (nSPS) is 15.2. The lowest BCUT2D eigenvalue weighted by Crippen LogP contribution is -2.35. The molecular formula is C11H18N4O2. The van der Waals surface area contributed by atoms with Crippen molar-refractivity contribution >= 4 is 11.5 Å². The molecule has 0 bridgehead atoms. The van der Waals surface area contributed by atoms with Crippen molar-refractivity contribution in [2.24, 2.45) is 5.92 Å². The molecule has 17 heavy (non-hydrogen) atoms. The van der Waals surface area contributed by atoms with Crippen molar-refractivity contribution in [1.82, 2.24) is 9.55 Å². The summed E-state index contributed by atoms with van der Waals surface area (Å²) in [6.45, 7) is 4.48. The number of nitrogens with zero attached hydrogens (tertiary/aromatic N) is 1. The molecule has 1 heterocycles. The van der Waals surface area contributed by atoms with Crippen molar-refractivity contribution in [3.63, 3.8) is 0 Å². The smallest absolute Gasteiger partial charge is 0.330 e. The predicted molar refractivity (Wildman–Crippen MR) is 67.2 cm³/mol. The van der Waals surface area contributed by atoms with E-state index in [1.165, 1.54) is 4.57 Å². The number of hydrogen-bond donors (Lipinski definition) is 3. The number of nitrogen functional groups attached to an aromatic ring is 1. The minimum absolute atomic E-state index is 0.236. The fraction of sp³-hybridized carbons (Fsp3) is 0.636. The Balaban J connectivity index is 2.44. The fourth-order valence-corrected chi connectivity index (χ4v) is 1.71. The maximum atomic E-state index is 11.7. The molecule has 1 fully saturated rings. The van der Waals surface area contributed by atoms with Gasteiger partial charge >= 0.3 is 5.69 Å². The molecule has 1 aliphatic rings. The number of hydrogen-bond acceptors (Lipinski definition) is 4. The summed E-state index contributed by atoms with van der Waals surface area (Å²) in [5.74, 6) is 0.522. The van der Waals surface area contributed by atoms with Crippen LogP contribution in [0, 0.1) is 5.92 Å². The van der Waals surface area contributed by atoms with Gasteiger partial charge in [-0.25, -0.2) is 4.79 Å². The Morgan fingerprint density at radius 3 is 2.65 bits per heavy atom. The van der Waals surface area contributed by atoms with Crippen molar-refractivity contribution in [2.45, 2.75) is 39.3 Å². The van der Waals surface area contributed by atoms with Crippen LogP contribution in [0.25, 0.3) is 0 Å². The molecule has 2 rings (SSSR count). The van der Waals surface area contributed by atoms with Crippen LogP contribution in [-0.2, 0) is 6.54 Å². The van der Waals surface area contributed by atoms with Gasteiger partial charge < -0.3 is 11.1 Å². The van der Waals surface area contributed by atoms with Crippen LogP contribution in [0.3, 0.4) is 0 Å². The summed E-state index contributed by atoms with van der Waals surface area (Å²) in [6, 6.07) is 0.323. The number of H-pyrrole nitrogens is 1. The van der Waals surface area contributed by atoms with Gasteiger partial charge in [0.25, 0.3) is 5.56 Å². The number of nitrogens with two attached hydrogens (primary N) is 1. The average molecular weight is 238 g/mol. The highest BCUT2D eigenvalue weighted by Crippen LogP contribution is 2.25. The highest BCUT2D eigenvalue weighted by molar-refractivity contribution is 5.61. The lowest BCUT2D eigenvalue weighted by molar-refractivity contribution is 0.508. The van der Waals surface area contributed by atoms with Crippen LogP contribution < -0.4 is 22.3 Å². The van der Waals surface area contributed by atoms with Gasteiger partial charge in [0.05, 0.1) is 0 Å². The summed E-state index contributed by atoms with van der Waals surface area (Å²) >= 11 is 0. The Bertz CT molecular complexity index is 489. The predicted octanol–water partition coefficient (Wildman–Crippen LogP) is 0.349. The lowest BCUT2D eigenvalue weighted by Gasteiger charge is -2.14. The molecule has 0 radical (unpaired) electrons. The van der Waals surface area contributed by atoms with Crippen LogP contribution in [0.5, 0.6) is 0 Å². The van der Waals surface area contributed by atoms with E-state index in [9.17, 15) is 9.59 Å². The molecule has 4 N–H and O–H groups in total. The Morgan fingerprint density at radius 1 is 1.47 bits per heavy atom. The van der Waals surface area contributed by atoms with Gasteiger partial charge in [0.15, 0.2) is 0 Å². The van der Waals surface area contributed by atoms with E-state index in [2.05, 4.69) is 10.3 Å². The molecular weight excluding hydrogens is 220 g/mol. The largest absolute Gasteiger partial charge is 0.383 e. The van der Waals surface area contributed by atoms with Crippen molar-refractivity contribution in [3.8, 4) is 0 Å². The summed E-state index contributed by atoms with van der Waals surface area (Å²) in [4.78, 5) is 25.6. The van der Waals surface area contributed by atoms with Crippen molar-refractivity contribution < 1.29 is 0 Å². The van der Waals surface area contributed by atoms with Crippen LogP contribution in [-0.4, -0.2) is 15.6 Å².